The summed E-state index contributed by atoms with van der Waals surface area (Å²) in [4.78, 5) is 47.6. The van der Waals surface area contributed by atoms with Crippen LogP contribution in [0.2, 0.25) is 0 Å². The minimum absolute atomic E-state index is 0.00334. The lowest BCUT2D eigenvalue weighted by molar-refractivity contribution is -0.159. The van der Waals surface area contributed by atoms with E-state index in [4.69, 9.17) is 9.47 Å². The van der Waals surface area contributed by atoms with Gasteiger partial charge in [0.15, 0.2) is 0 Å². The third-order valence-corrected chi connectivity index (χ3v) is 3.34. The third kappa shape index (κ3) is 6.15. The van der Waals surface area contributed by atoms with Gasteiger partial charge < -0.3 is 19.9 Å². The van der Waals surface area contributed by atoms with Crippen LogP contribution < -0.4 is 5.32 Å². The predicted octanol–water partition coefficient (Wildman–Crippen LogP) is 1.14. The van der Waals surface area contributed by atoms with Gasteiger partial charge >= 0.3 is 17.9 Å². The maximum atomic E-state index is 12.9. The number of rotatable bonds is 9. The number of hydrogen-bond acceptors (Lipinski definition) is 6. The standard InChI is InChI=1S/C17H20FNO7/c1-3-25-13(20)9-12(17(24)26-4-2)14(16(22)23)19-15(21)10-5-7-11(18)8-6-10/h5-8,12,14H,3-4,9H2,1-2H3,(H,19,21)(H,22,23)/t12-,14-/m1/s1. The van der Waals surface area contributed by atoms with Crippen molar-refractivity contribution in [3.63, 3.8) is 0 Å². The highest BCUT2D eigenvalue weighted by Gasteiger charge is 2.38. The van der Waals surface area contributed by atoms with Gasteiger partial charge in [0.25, 0.3) is 5.91 Å². The van der Waals surface area contributed by atoms with Gasteiger partial charge in [-0.1, -0.05) is 0 Å². The molecule has 0 fully saturated rings. The van der Waals surface area contributed by atoms with Crippen molar-refractivity contribution in [1.29, 1.82) is 0 Å². The molecule has 1 rings (SSSR count). The van der Waals surface area contributed by atoms with E-state index in [1.807, 2.05) is 0 Å². The largest absolute Gasteiger partial charge is 0.480 e. The molecule has 0 radical (unpaired) electrons. The average Bonchev–Trinajstić information content (AvgIpc) is 2.58. The van der Waals surface area contributed by atoms with E-state index in [0.717, 1.165) is 24.3 Å². The molecule has 0 spiro atoms. The Balaban J connectivity index is 3.03. The van der Waals surface area contributed by atoms with Gasteiger partial charge in [-0.3, -0.25) is 14.4 Å². The summed E-state index contributed by atoms with van der Waals surface area (Å²) in [5.41, 5.74) is -0.00334. The van der Waals surface area contributed by atoms with E-state index in [0.29, 0.717) is 0 Å². The Morgan fingerprint density at radius 2 is 1.65 bits per heavy atom. The zero-order valence-electron chi connectivity index (χ0n) is 14.4. The SMILES string of the molecule is CCOC(=O)C[C@@H](C(=O)OCC)[C@@H](NC(=O)c1ccc(F)cc1)C(=O)O. The van der Waals surface area contributed by atoms with Crippen LogP contribution in [0, 0.1) is 11.7 Å². The summed E-state index contributed by atoms with van der Waals surface area (Å²) in [5.74, 6) is -6.16. The number of carbonyl (C=O) groups is 4. The van der Waals surface area contributed by atoms with Gasteiger partial charge in [0, 0.05) is 5.56 Å². The first-order chi connectivity index (χ1) is 12.3. The van der Waals surface area contributed by atoms with Gasteiger partial charge in [0.1, 0.15) is 11.9 Å². The molecule has 1 amide bonds. The van der Waals surface area contributed by atoms with Crippen molar-refractivity contribution >= 4 is 23.8 Å². The fraction of sp³-hybridized carbons (Fsp3) is 0.412. The molecule has 0 aliphatic carbocycles. The molecule has 0 saturated heterocycles. The van der Waals surface area contributed by atoms with Crippen LogP contribution in [0.1, 0.15) is 30.6 Å². The van der Waals surface area contributed by atoms with E-state index < -0.39 is 48.0 Å². The molecule has 0 aliphatic heterocycles. The number of ether oxygens (including phenoxy) is 2. The molecule has 0 unspecified atom stereocenters. The summed E-state index contributed by atoms with van der Waals surface area (Å²) in [5, 5.41) is 11.6. The Bertz CT molecular complexity index is 660. The smallest absolute Gasteiger partial charge is 0.327 e. The molecule has 1 aromatic carbocycles. The van der Waals surface area contributed by atoms with Crippen molar-refractivity contribution in [2.24, 2.45) is 5.92 Å². The van der Waals surface area contributed by atoms with Crippen LogP contribution in [-0.4, -0.2) is 48.2 Å². The van der Waals surface area contributed by atoms with E-state index in [-0.39, 0.29) is 18.8 Å². The lowest BCUT2D eigenvalue weighted by Crippen LogP contribution is -2.49. The van der Waals surface area contributed by atoms with Crippen molar-refractivity contribution in [1.82, 2.24) is 5.32 Å². The zero-order chi connectivity index (χ0) is 19.7. The van der Waals surface area contributed by atoms with Crippen molar-refractivity contribution in [2.75, 3.05) is 13.2 Å². The Kier molecular flexibility index (Phi) is 8.20. The molecular formula is C17H20FNO7. The second-order valence-electron chi connectivity index (χ2n) is 5.16. The van der Waals surface area contributed by atoms with Crippen LogP contribution in [0.25, 0.3) is 0 Å². The minimum atomic E-state index is -1.73. The van der Waals surface area contributed by atoms with Gasteiger partial charge in [0.05, 0.1) is 25.6 Å². The van der Waals surface area contributed by atoms with E-state index in [2.05, 4.69) is 5.32 Å². The average molecular weight is 369 g/mol. The molecule has 9 heteroatoms. The topological polar surface area (TPSA) is 119 Å². The number of nitrogens with one attached hydrogen (secondary N) is 1. The summed E-state index contributed by atoms with van der Waals surface area (Å²) in [6, 6.07) is 2.66. The maximum absolute atomic E-state index is 12.9. The monoisotopic (exact) mass is 369 g/mol. The summed E-state index contributed by atoms with van der Waals surface area (Å²) in [6.45, 7) is 3.10. The molecule has 2 atom stereocenters. The first kappa shape index (κ1) is 21.1. The summed E-state index contributed by atoms with van der Waals surface area (Å²) in [6.07, 6.45) is -0.576. The molecule has 0 aliphatic rings. The molecular weight excluding hydrogens is 349 g/mol. The number of benzene rings is 1. The minimum Gasteiger partial charge on any atom is -0.480 e. The van der Waals surface area contributed by atoms with Crippen LogP contribution in [0.15, 0.2) is 24.3 Å². The third-order valence-electron chi connectivity index (χ3n) is 3.34. The van der Waals surface area contributed by atoms with E-state index in [9.17, 15) is 28.7 Å². The van der Waals surface area contributed by atoms with Gasteiger partial charge in [-0.05, 0) is 38.1 Å². The number of carboxylic acids is 1. The second-order valence-corrected chi connectivity index (χ2v) is 5.16. The highest BCUT2D eigenvalue weighted by molar-refractivity contribution is 5.98. The van der Waals surface area contributed by atoms with Crippen LogP contribution in [0.3, 0.4) is 0 Å². The summed E-state index contributed by atoms with van der Waals surface area (Å²) < 4.78 is 22.5. The van der Waals surface area contributed by atoms with Gasteiger partial charge in [-0.15, -0.1) is 0 Å². The van der Waals surface area contributed by atoms with Crippen molar-refractivity contribution in [3.8, 4) is 0 Å². The molecule has 0 aromatic heterocycles. The van der Waals surface area contributed by atoms with Crippen LogP contribution >= 0.6 is 0 Å². The molecule has 8 nitrogen and oxygen atoms in total. The zero-order valence-corrected chi connectivity index (χ0v) is 14.4. The number of aliphatic carboxylic acids is 1. The molecule has 0 saturated carbocycles. The van der Waals surface area contributed by atoms with Gasteiger partial charge in [-0.25, -0.2) is 9.18 Å². The van der Waals surface area contributed by atoms with Crippen molar-refractivity contribution in [3.05, 3.63) is 35.6 Å². The number of halogens is 1. The number of hydrogen-bond donors (Lipinski definition) is 2. The first-order valence-electron chi connectivity index (χ1n) is 7.91. The fourth-order valence-electron chi connectivity index (χ4n) is 2.15. The van der Waals surface area contributed by atoms with Crippen LogP contribution in [0.5, 0.6) is 0 Å². The van der Waals surface area contributed by atoms with Gasteiger partial charge in [-0.2, -0.15) is 0 Å². The van der Waals surface area contributed by atoms with Crippen molar-refractivity contribution in [2.45, 2.75) is 26.3 Å². The Hall–Kier alpha value is -2.97. The summed E-state index contributed by atoms with van der Waals surface area (Å²) >= 11 is 0. The van der Waals surface area contributed by atoms with E-state index in [1.165, 1.54) is 6.92 Å². The second kappa shape index (κ2) is 10.1. The van der Waals surface area contributed by atoms with Crippen LogP contribution in [-0.2, 0) is 23.9 Å². The quantitative estimate of drug-likeness (QED) is 0.627. The van der Waals surface area contributed by atoms with Crippen LogP contribution in [0.4, 0.5) is 4.39 Å². The highest BCUT2D eigenvalue weighted by Crippen LogP contribution is 2.15. The maximum Gasteiger partial charge on any atom is 0.327 e. The molecule has 0 bridgehead atoms. The molecule has 142 valence electrons. The normalized spacial score (nSPS) is 12.6. The molecule has 2 N–H and O–H groups in total. The molecule has 26 heavy (non-hydrogen) atoms. The Morgan fingerprint density at radius 3 is 2.15 bits per heavy atom. The molecule has 0 heterocycles. The van der Waals surface area contributed by atoms with Gasteiger partial charge in [0.2, 0.25) is 0 Å². The van der Waals surface area contributed by atoms with E-state index in [1.54, 1.807) is 6.92 Å². The molecule has 1 aromatic rings. The predicted molar refractivity (Wildman–Crippen MR) is 86.7 cm³/mol. The number of esters is 2. The summed E-state index contributed by atoms with van der Waals surface area (Å²) in [7, 11) is 0. The Labute approximate surface area is 149 Å². The lowest BCUT2D eigenvalue weighted by Gasteiger charge is -2.22. The first-order valence-corrected chi connectivity index (χ1v) is 7.91. The number of carboxylic acid groups (broad SMARTS) is 1. The lowest BCUT2D eigenvalue weighted by atomic mass is 9.95. The van der Waals surface area contributed by atoms with Crippen molar-refractivity contribution < 1.29 is 38.1 Å². The fourth-order valence-corrected chi connectivity index (χ4v) is 2.15. The van der Waals surface area contributed by atoms with E-state index >= 15 is 0 Å². The highest BCUT2D eigenvalue weighted by atomic mass is 19.1. The number of amides is 1. The Morgan fingerprint density at radius 1 is 1.08 bits per heavy atom. The number of carbonyl (C=O) groups excluding carboxylic acids is 3.